The Morgan fingerprint density at radius 2 is 1.91 bits per heavy atom. The number of ether oxygens (including phenoxy) is 1. The minimum absolute atomic E-state index is 0.674. The Kier molecular flexibility index (Phi) is 4.41. The first-order valence-corrected chi connectivity index (χ1v) is 7.37. The van der Waals surface area contributed by atoms with Crippen LogP contribution in [-0.2, 0) is 12.8 Å². The molecule has 5 nitrogen and oxygen atoms in total. The van der Waals surface area contributed by atoms with Gasteiger partial charge < -0.3 is 4.74 Å². The van der Waals surface area contributed by atoms with E-state index < -0.39 is 0 Å². The van der Waals surface area contributed by atoms with E-state index in [0.29, 0.717) is 5.69 Å². The summed E-state index contributed by atoms with van der Waals surface area (Å²) >= 11 is 0. The highest BCUT2D eigenvalue weighted by atomic mass is 16.5. The van der Waals surface area contributed by atoms with Crippen LogP contribution < -0.4 is 4.74 Å². The number of hydrogen-bond donors (Lipinski definition) is 0. The lowest BCUT2D eigenvalue weighted by Gasteiger charge is -2.08. The minimum atomic E-state index is 0.674. The van der Waals surface area contributed by atoms with Crippen LogP contribution in [0.3, 0.4) is 0 Å². The van der Waals surface area contributed by atoms with Gasteiger partial charge in [0.1, 0.15) is 11.3 Å². The summed E-state index contributed by atoms with van der Waals surface area (Å²) in [4.78, 5) is 7.59. The van der Waals surface area contributed by atoms with E-state index in [9.17, 15) is 0 Å². The van der Waals surface area contributed by atoms with Gasteiger partial charge in [-0.05, 0) is 36.1 Å². The van der Waals surface area contributed by atoms with Crippen molar-refractivity contribution in [1.82, 2.24) is 4.98 Å². The molecule has 3 aromatic rings. The van der Waals surface area contributed by atoms with E-state index in [1.54, 1.807) is 7.11 Å². The second-order valence-corrected chi connectivity index (χ2v) is 5.15. The van der Waals surface area contributed by atoms with Crippen molar-refractivity contribution in [1.29, 1.82) is 0 Å². The third kappa shape index (κ3) is 3.25. The van der Waals surface area contributed by atoms with E-state index in [2.05, 4.69) is 16.1 Å². The Morgan fingerprint density at radius 1 is 1.04 bits per heavy atom. The molecular formula is C18H16N4O. The second kappa shape index (κ2) is 6.81. The first-order chi connectivity index (χ1) is 11.3. The van der Waals surface area contributed by atoms with E-state index in [-0.39, 0.29) is 0 Å². The zero-order valence-electron chi connectivity index (χ0n) is 12.8. The molecule has 0 spiro atoms. The number of fused-ring (bicyclic) bond motifs is 1. The molecule has 114 valence electrons. The fourth-order valence-electron chi connectivity index (χ4n) is 2.59. The fourth-order valence-corrected chi connectivity index (χ4v) is 2.59. The van der Waals surface area contributed by atoms with Crippen LogP contribution in [0.25, 0.3) is 21.3 Å². The molecule has 0 atom stereocenters. The van der Waals surface area contributed by atoms with Crippen molar-refractivity contribution < 1.29 is 4.74 Å². The number of aromatic nitrogens is 1. The van der Waals surface area contributed by atoms with Crippen LogP contribution in [-0.4, -0.2) is 12.1 Å². The van der Waals surface area contributed by atoms with E-state index in [1.807, 2.05) is 48.5 Å². The van der Waals surface area contributed by atoms with Gasteiger partial charge in [-0.2, -0.15) is 0 Å². The molecule has 2 aromatic carbocycles. The largest absolute Gasteiger partial charge is 0.494 e. The van der Waals surface area contributed by atoms with Crippen LogP contribution in [0.2, 0.25) is 0 Å². The maximum absolute atomic E-state index is 8.64. The minimum Gasteiger partial charge on any atom is -0.494 e. The number of hydrogen-bond acceptors (Lipinski definition) is 3. The van der Waals surface area contributed by atoms with Crippen LogP contribution in [0.4, 0.5) is 5.69 Å². The van der Waals surface area contributed by atoms with Crippen molar-refractivity contribution in [3.63, 3.8) is 0 Å². The third-order valence-electron chi connectivity index (χ3n) is 3.76. The smallest absolute Gasteiger partial charge is 0.145 e. The fraction of sp³-hybridized carbons (Fsp3) is 0.167. The van der Waals surface area contributed by atoms with Crippen LogP contribution in [0, 0.1) is 0 Å². The van der Waals surface area contributed by atoms with E-state index in [4.69, 9.17) is 15.3 Å². The molecule has 0 bridgehead atoms. The molecule has 0 aliphatic rings. The van der Waals surface area contributed by atoms with Gasteiger partial charge in [0.2, 0.25) is 0 Å². The van der Waals surface area contributed by atoms with Crippen molar-refractivity contribution in [2.75, 3.05) is 7.11 Å². The predicted molar refractivity (Wildman–Crippen MR) is 91.0 cm³/mol. The molecule has 0 radical (unpaired) electrons. The lowest BCUT2D eigenvalue weighted by atomic mass is 10.1. The summed E-state index contributed by atoms with van der Waals surface area (Å²) in [6.45, 7) is 0. The highest BCUT2D eigenvalue weighted by Gasteiger charge is 2.06. The monoisotopic (exact) mass is 304 g/mol. The van der Waals surface area contributed by atoms with Crippen molar-refractivity contribution >= 4 is 16.6 Å². The molecular weight excluding hydrogens is 288 g/mol. The molecule has 3 rings (SSSR count). The zero-order chi connectivity index (χ0) is 16.1. The molecule has 0 saturated carbocycles. The summed E-state index contributed by atoms with van der Waals surface area (Å²) in [6.07, 6.45) is 1.54. The Bertz CT molecular complexity index is 885. The van der Waals surface area contributed by atoms with Crippen LogP contribution in [0.5, 0.6) is 5.75 Å². The van der Waals surface area contributed by atoms with Gasteiger partial charge in [0.05, 0.1) is 7.11 Å². The summed E-state index contributed by atoms with van der Waals surface area (Å²) in [6, 6.07) is 17.6. The summed E-state index contributed by atoms with van der Waals surface area (Å²) in [5.41, 5.74) is 12.2. The molecule has 0 saturated heterocycles. The van der Waals surface area contributed by atoms with Gasteiger partial charge in [0.25, 0.3) is 0 Å². The van der Waals surface area contributed by atoms with Crippen LogP contribution >= 0.6 is 0 Å². The molecule has 23 heavy (non-hydrogen) atoms. The Labute approximate surface area is 134 Å². The van der Waals surface area contributed by atoms with Crippen molar-refractivity contribution in [2.45, 2.75) is 12.8 Å². The molecule has 0 aliphatic carbocycles. The van der Waals surface area contributed by atoms with Gasteiger partial charge in [-0.1, -0.05) is 47.6 Å². The molecule has 5 heteroatoms. The SMILES string of the molecule is COc1cccc2ccc(CCc3ccccc3N=[N+]=[N-])nc12. The standard InChI is InChI=1S/C18H16N4O/c1-23-17-8-4-6-14-10-12-15(20-18(14)17)11-9-13-5-2-3-7-16(13)21-22-19/h2-8,10,12H,9,11H2,1H3. The van der Waals surface area contributed by atoms with Gasteiger partial charge in [-0.25, -0.2) is 4.98 Å². The quantitative estimate of drug-likeness (QED) is 0.379. The number of para-hydroxylation sites is 1. The maximum Gasteiger partial charge on any atom is 0.145 e. The van der Waals surface area contributed by atoms with E-state index in [0.717, 1.165) is 40.8 Å². The topological polar surface area (TPSA) is 70.9 Å². The molecule has 0 amide bonds. The Morgan fingerprint density at radius 3 is 2.74 bits per heavy atom. The van der Waals surface area contributed by atoms with Crippen LogP contribution in [0.1, 0.15) is 11.3 Å². The normalized spacial score (nSPS) is 10.3. The van der Waals surface area contributed by atoms with E-state index in [1.165, 1.54) is 0 Å². The lowest BCUT2D eigenvalue weighted by Crippen LogP contribution is -1.96. The molecule has 0 aliphatic heterocycles. The number of methoxy groups -OCH3 is 1. The summed E-state index contributed by atoms with van der Waals surface area (Å²) in [5.74, 6) is 0.777. The lowest BCUT2D eigenvalue weighted by molar-refractivity contribution is 0.419. The molecule has 1 heterocycles. The molecule has 1 aromatic heterocycles. The highest BCUT2D eigenvalue weighted by Crippen LogP contribution is 2.25. The van der Waals surface area contributed by atoms with Gasteiger partial charge in [0, 0.05) is 21.7 Å². The summed E-state index contributed by atoms with van der Waals surface area (Å²) in [5, 5.41) is 4.79. The Hall–Kier alpha value is -3.04. The first-order valence-electron chi connectivity index (χ1n) is 7.37. The number of azide groups is 1. The third-order valence-corrected chi connectivity index (χ3v) is 3.76. The summed E-state index contributed by atoms with van der Waals surface area (Å²) < 4.78 is 5.38. The number of aryl methyl sites for hydroxylation is 2. The van der Waals surface area contributed by atoms with Crippen molar-refractivity contribution in [3.8, 4) is 5.75 Å². The van der Waals surface area contributed by atoms with Crippen LogP contribution in [0.15, 0.2) is 59.7 Å². The average molecular weight is 304 g/mol. The summed E-state index contributed by atoms with van der Waals surface area (Å²) in [7, 11) is 1.65. The number of benzene rings is 2. The maximum atomic E-state index is 8.64. The number of pyridine rings is 1. The van der Waals surface area contributed by atoms with Gasteiger partial charge in [-0.15, -0.1) is 0 Å². The molecule has 0 N–H and O–H groups in total. The van der Waals surface area contributed by atoms with Crippen molar-refractivity contribution in [2.24, 2.45) is 5.11 Å². The second-order valence-electron chi connectivity index (χ2n) is 5.15. The predicted octanol–water partition coefficient (Wildman–Crippen LogP) is 4.97. The Balaban J connectivity index is 1.86. The molecule has 0 unspecified atom stereocenters. The zero-order valence-corrected chi connectivity index (χ0v) is 12.8. The number of rotatable bonds is 5. The van der Waals surface area contributed by atoms with E-state index >= 15 is 0 Å². The van der Waals surface area contributed by atoms with Gasteiger partial charge in [-0.3, -0.25) is 0 Å². The highest BCUT2D eigenvalue weighted by molar-refractivity contribution is 5.84. The van der Waals surface area contributed by atoms with Crippen molar-refractivity contribution in [3.05, 3.63) is 76.3 Å². The first kappa shape index (κ1) is 14.9. The van der Waals surface area contributed by atoms with Gasteiger partial charge in [0.15, 0.2) is 0 Å². The van der Waals surface area contributed by atoms with Gasteiger partial charge >= 0.3 is 0 Å². The molecule has 0 fully saturated rings. The number of nitrogens with zero attached hydrogens (tertiary/aromatic N) is 4. The average Bonchev–Trinajstić information content (AvgIpc) is 2.60.